The van der Waals surface area contributed by atoms with Gasteiger partial charge in [0.1, 0.15) is 5.60 Å². The Morgan fingerprint density at radius 3 is 2.34 bits per heavy atom. The lowest BCUT2D eigenvalue weighted by Gasteiger charge is -2.61. The Bertz CT molecular complexity index is 747. The van der Waals surface area contributed by atoms with Crippen LogP contribution in [0.1, 0.15) is 106 Å². The maximum atomic E-state index is 11.2. The summed E-state index contributed by atoms with van der Waals surface area (Å²) in [6.07, 6.45) is 12.3. The van der Waals surface area contributed by atoms with E-state index in [9.17, 15) is 20.4 Å². The lowest BCUT2D eigenvalue weighted by Crippen LogP contribution is -2.63. The molecule has 32 heavy (non-hydrogen) atoms. The Balaban J connectivity index is 1.53. The highest BCUT2D eigenvalue weighted by atomic mass is 16.5. The van der Waals surface area contributed by atoms with Crippen molar-refractivity contribution >= 4 is 0 Å². The van der Waals surface area contributed by atoms with Gasteiger partial charge in [0.15, 0.2) is 5.79 Å². The lowest BCUT2D eigenvalue weighted by molar-refractivity contribution is -0.281. The monoisotopic (exact) mass is 448 g/mol. The summed E-state index contributed by atoms with van der Waals surface area (Å²) in [5.74, 6) is 1.28. The van der Waals surface area contributed by atoms with Crippen molar-refractivity contribution in [2.45, 2.75) is 123 Å². The fourth-order valence-electron chi connectivity index (χ4n) is 9.10. The number of allylic oxidation sites excluding steroid dienone is 1. The van der Waals surface area contributed by atoms with Crippen LogP contribution in [0.4, 0.5) is 0 Å². The van der Waals surface area contributed by atoms with Gasteiger partial charge in [0.05, 0.1) is 5.60 Å². The summed E-state index contributed by atoms with van der Waals surface area (Å²) in [5.41, 5.74) is -1.02. The molecule has 0 aliphatic heterocycles. The molecule has 3 saturated carbocycles. The van der Waals surface area contributed by atoms with Gasteiger partial charge in [0, 0.05) is 6.42 Å². The first kappa shape index (κ1) is 24.7. The highest BCUT2D eigenvalue weighted by Crippen LogP contribution is 2.68. The molecule has 0 heterocycles. The fraction of sp³-hybridized carbons (Fsp3) is 0.929. The summed E-state index contributed by atoms with van der Waals surface area (Å²) in [6.45, 7) is 12.7. The van der Waals surface area contributed by atoms with Crippen molar-refractivity contribution in [3.05, 3.63) is 11.6 Å². The molecule has 0 radical (unpaired) electrons. The standard InChI is InChI=1S/C28H48O4/c1-18(8-7-14-24(2,3)29)20-10-11-21-19-9-12-23-26(5,22(19)13-15-25(20,21)4)16-17-28(31,32)27(23,6)30/h12,18-22,29-32H,7-11,13-17H2,1-6H3/t18-,19+,20-,21+,22+,25-,26-,27?/m1/s1. The quantitative estimate of drug-likeness (QED) is 0.345. The van der Waals surface area contributed by atoms with Gasteiger partial charge in [-0.3, -0.25) is 0 Å². The van der Waals surface area contributed by atoms with Crippen molar-refractivity contribution in [1.29, 1.82) is 0 Å². The van der Waals surface area contributed by atoms with Crippen LogP contribution in [-0.2, 0) is 0 Å². The Labute approximate surface area is 195 Å². The van der Waals surface area contributed by atoms with Crippen LogP contribution in [0.2, 0.25) is 0 Å². The molecule has 1 unspecified atom stereocenters. The maximum absolute atomic E-state index is 11.2. The van der Waals surface area contributed by atoms with Crippen LogP contribution in [0.15, 0.2) is 11.6 Å². The summed E-state index contributed by atoms with van der Waals surface area (Å²) in [5, 5.41) is 42.3. The van der Waals surface area contributed by atoms with E-state index >= 15 is 0 Å². The number of hydrogen-bond donors (Lipinski definition) is 4. The molecule has 0 bridgehead atoms. The van der Waals surface area contributed by atoms with Crippen LogP contribution in [0.3, 0.4) is 0 Å². The third-order valence-corrected chi connectivity index (χ3v) is 11.0. The smallest absolute Gasteiger partial charge is 0.196 e. The molecule has 0 aromatic heterocycles. The predicted octanol–water partition coefficient (Wildman–Crippen LogP) is 5.18. The van der Waals surface area contributed by atoms with Crippen LogP contribution in [-0.4, -0.2) is 37.4 Å². The van der Waals surface area contributed by atoms with Crippen LogP contribution in [0, 0.1) is 40.4 Å². The normalized spacial score (nSPS) is 46.6. The van der Waals surface area contributed by atoms with Gasteiger partial charge in [0.25, 0.3) is 0 Å². The van der Waals surface area contributed by atoms with E-state index < -0.39 is 17.0 Å². The third kappa shape index (κ3) is 3.72. The van der Waals surface area contributed by atoms with Crippen LogP contribution < -0.4 is 0 Å². The zero-order valence-corrected chi connectivity index (χ0v) is 21.3. The molecule has 0 spiro atoms. The average molecular weight is 449 g/mol. The van der Waals surface area contributed by atoms with E-state index in [1.54, 1.807) is 6.92 Å². The number of hydrogen-bond acceptors (Lipinski definition) is 4. The maximum Gasteiger partial charge on any atom is 0.196 e. The van der Waals surface area contributed by atoms with E-state index in [1.807, 2.05) is 13.8 Å². The van der Waals surface area contributed by atoms with Crippen molar-refractivity contribution in [3.8, 4) is 0 Å². The molecule has 0 aromatic rings. The highest BCUT2D eigenvalue weighted by molar-refractivity contribution is 5.34. The molecular formula is C28H48O4. The second-order valence-corrected chi connectivity index (χ2v) is 13.4. The highest BCUT2D eigenvalue weighted by Gasteiger charge is 2.64. The first-order chi connectivity index (χ1) is 14.6. The largest absolute Gasteiger partial charge is 0.390 e. The van der Waals surface area contributed by atoms with Gasteiger partial charge >= 0.3 is 0 Å². The van der Waals surface area contributed by atoms with Crippen LogP contribution in [0.5, 0.6) is 0 Å². The number of fused-ring (bicyclic) bond motifs is 5. The molecule has 4 rings (SSSR count). The van der Waals surface area contributed by atoms with E-state index in [-0.39, 0.29) is 11.8 Å². The fourth-order valence-corrected chi connectivity index (χ4v) is 9.10. The lowest BCUT2D eigenvalue weighted by atomic mass is 9.45. The van der Waals surface area contributed by atoms with Crippen molar-refractivity contribution in [3.63, 3.8) is 0 Å². The van der Waals surface area contributed by atoms with Crippen molar-refractivity contribution in [2.75, 3.05) is 0 Å². The topological polar surface area (TPSA) is 80.9 Å². The van der Waals surface area contributed by atoms with Gasteiger partial charge in [0.2, 0.25) is 0 Å². The minimum Gasteiger partial charge on any atom is -0.390 e. The molecule has 4 aliphatic rings. The average Bonchev–Trinajstić information content (AvgIpc) is 3.02. The Morgan fingerprint density at radius 2 is 1.69 bits per heavy atom. The first-order valence-corrected chi connectivity index (χ1v) is 13.2. The Kier molecular flexibility index (Phi) is 6.02. The number of aliphatic hydroxyl groups is 4. The molecule has 4 N–H and O–H groups in total. The second kappa shape index (κ2) is 7.80. The molecular weight excluding hydrogens is 400 g/mol. The SMILES string of the molecule is C[C@H](CCCC(C)(C)O)[C@H]1CC[C@H]2[C@@H]3CC=C4C(C)(O)C(O)(O)CC[C@]4(C)[C@H]3CC[C@]12C. The van der Waals surface area contributed by atoms with E-state index in [2.05, 4.69) is 26.8 Å². The molecule has 4 aliphatic carbocycles. The minimum absolute atomic E-state index is 0.140. The van der Waals surface area contributed by atoms with Gasteiger partial charge in [-0.2, -0.15) is 0 Å². The third-order valence-electron chi connectivity index (χ3n) is 11.0. The summed E-state index contributed by atoms with van der Waals surface area (Å²) in [6, 6.07) is 0. The molecule has 4 heteroatoms. The van der Waals surface area contributed by atoms with Gasteiger partial charge in [-0.25, -0.2) is 0 Å². The summed E-state index contributed by atoms with van der Waals surface area (Å²) < 4.78 is 0. The van der Waals surface area contributed by atoms with Gasteiger partial charge in [-0.1, -0.05) is 39.7 Å². The molecule has 0 amide bonds. The molecule has 184 valence electrons. The minimum atomic E-state index is -2.04. The Hall–Kier alpha value is -0.420. The van der Waals surface area contributed by atoms with Crippen molar-refractivity contribution < 1.29 is 20.4 Å². The summed E-state index contributed by atoms with van der Waals surface area (Å²) in [7, 11) is 0. The van der Waals surface area contributed by atoms with Gasteiger partial charge < -0.3 is 20.4 Å². The van der Waals surface area contributed by atoms with E-state index in [0.29, 0.717) is 23.2 Å². The van der Waals surface area contributed by atoms with Crippen molar-refractivity contribution in [2.24, 2.45) is 40.4 Å². The first-order valence-electron chi connectivity index (χ1n) is 13.2. The van der Waals surface area contributed by atoms with Crippen LogP contribution >= 0.6 is 0 Å². The molecule has 0 saturated heterocycles. The van der Waals surface area contributed by atoms with Crippen LogP contribution in [0.25, 0.3) is 0 Å². The Morgan fingerprint density at radius 1 is 1.00 bits per heavy atom. The molecule has 3 fully saturated rings. The molecule has 8 atom stereocenters. The summed E-state index contributed by atoms with van der Waals surface area (Å²) in [4.78, 5) is 0. The molecule has 4 nitrogen and oxygen atoms in total. The number of rotatable bonds is 5. The van der Waals surface area contributed by atoms with Crippen molar-refractivity contribution in [1.82, 2.24) is 0 Å². The van der Waals surface area contributed by atoms with Gasteiger partial charge in [-0.05, 0) is 112 Å². The molecule has 0 aromatic carbocycles. The zero-order valence-electron chi connectivity index (χ0n) is 21.3. The van der Waals surface area contributed by atoms with E-state index in [1.165, 1.54) is 32.1 Å². The zero-order chi connectivity index (χ0) is 23.7. The predicted molar refractivity (Wildman–Crippen MR) is 128 cm³/mol. The second-order valence-electron chi connectivity index (χ2n) is 13.4. The summed E-state index contributed by atoms with van der Waals surface area (Å²) >= 11 is 0. The van der Waals surface area contributed by atoms with Gasteiger partial charge in [-0.15, -0.1) is 0 Å². The van der Waals surface area contributed by atoms with E-state index in [0.717, 1.165) is 43.1 Å². The van der Waals surface area contributed by atoms with E-state index in [4.69, 9.17) is 0 Å².